The van der Waals surface area contributed by atoms with Gasteiger partial charge in [0.25, 0.3) is 11.8 Å². The van der Waals surface area contributed by atoms with Gasteiger partial charge in [0.05, 0.1) is 17.4 Å². The van der Waals surface area contributed by atoms with Gasteiger partial charge in [-0.15, -0.1) is 0 Å². The summed E-state index contributed by atoms with van der Waals surface area (Å²) < 4.78 is 10.2. The largest absolute Gasteiger partial charge is 0.457 e. The van der Waals surface area contributed by atoms with E-state index in [1.165, 1.54) is 48.7 Å². The molecular weight excluding hydrogens is 480 g/mol. The Bertz CT molecular complexity index is 1460. The second-order valence-corrected chi connectivity index (χ2v) is 7.42. The minimum Gasteiger partial charge on any atom is -0.457 e. The molecule has 1 heterocycles. The second kappa shape index (κ2) is 11.2. The van der Waals surface area contributed by atoms with Crippen LogP contribution in [0.5, 0.6) is 5.75 Å². The summed E-state index contributed by atoms with van der Waals surface area (Å²) in [5.74, 6) is -2.29. The number of benzene rings is 3. The maximum absolute atomic E-state index is 12.5. The van der Waals surface area contributed by atoms with Crippen LogP contribution >= 0.6 is 0 Å². The van der Waals surface area contributed by atoms with E-state index in [-0.39, 0.29) is 28.5 Å². The van der Waals surface area contributed by atoms with Crippen LogP contribution < -0.4 is 15.5 Å². The van der Waals surface area contributed by atoms with E-state index < -0.39 is 22.5 Å². The molecule has 0 saturated heterocycles. The average molecular weight is 498 g/mol. The Balaban J connectivity index is 1.43. The van der Waals surface area contributed by atoms with E-state index in [2.05, 4.69) is 15.8 Å². The molecule has 0 aliphatic heterocycles. The lowest BCUT2D eigenvalue weighted by Crippen LogP contribution is -2.18. The SMILES string of the molecule is O=C(N/N=C/c1cccc([N+](=O)[O-])c1OC(=O)c1ccco1)c1ccc(NC(=O)c2ccccc2)cc1. The Morgan fingerprint density at radius 1 is 0.865 bits per heavy atom. The first kappa shape index (κ1) is 24.5. The van der Waals surface area contributed by atoms with Gasteiger partial charge in [-0.05, 0) is 54.6 Å². The number of furan rings is 1. The van der Waals surface area contributed by atoms with Gasteiger partial charge in [-0.1, -0.05) is 24.3 Å². The van der Waals surface area contributed by atoms with Gasteiger partial charge in [0.1, 0.15) is 0 Å². The molecule has 37 heavy (non-hydrogen) atoms. The lowest BCUT2D eigenvalue weighted by atomic mass is 10.1. The second-order valence-electron chi connectivity index (χ2n) is 7.42. The minimum atomic E-state index is -0.933. The molecule has 0 spiro atoms. The molecule has 1 aromatic heterocycles. The summed E-state index contributed by atoms with van der Waals surface area (Å²) in [6, 6.07) is 21.6. The molecule has 0 atom stereocenters. The number of ether oxygens (including phenoxy) is 1. The van der Waals surface area contributed by atoms with Crippen LogP contribution in [0.25, 0.3) is 0 Å². The number of carbonyl (C=O) groups excluding carboxylic acids is 3. The molecule has 0 aliphatic rings. The highest BCUT2D eigenvalue weighted by Gasteiger charge is 2.23. The maximum Gasteiger partial charge on any atom is 0.379 e. The Labute approximate surface area is 209 Å². The van der Waals surface area contributed by atoms with Gasteiger partial charge >= 0.3 is 11.7 Å². The first-order chi connectivity index (χ1) is 17.9. The summed E-state index contributed by atoms with van der Waals surface area (Å²) in [6.45, 7) is 0. The summed E-state index contributed by atoms with van der Waals surface area (Å²) in [4.78, 5) is 47.7. The maximum atomic E-state index is 12.5. The number of carbonyl (C=O) groups is 3. The van der Waals surface area contributed by atoms with Crippen molar-refractivity contribution in [1.29, 1.82) is 0 Å². The Morgan fingerprint density at radius 2 is 1.59 bits per heavy atom. The van der Waals surface area contributed by atoms with E-state index in [0.29, 0.717) is 11.3 Å². The number of nitro groups is 1. The fourth-order valence-corrected chi connectivity index (χ4v) is 3.16. The number of amides is 2. The predicted octanol–water partition coefficient (Wildman–Crippen LogP) is 4.42. The third-order valence-electron chi connectivity index (χ3n) is 4.95. The van der Waals surface area contributed by atoms with E-state index in [1.807, 2.05) is 0 Å². The van der Waals surface area contributed by atoms with E-state index in [0.717, 1.165) is 6.21 Å². The molecule has 0 radical (unpaired) electrons. The van der Waals surface area contributed by atoms with Crippen LogP contribution in [0.15, 0.2) is 101 Å². The molecule has 2 N–H and O–H groups in total. The number of hydrogen-bond acceptors (Lipinski definition) is 8. The lowest BCUT2D eigenvalue weighted by molar-refractivity contribution is -0.385. The van der Waals surface area contributed by atoms with Crippen LogP contribution in [0, 0.1) is 10.1 Å². The molecular formula is C26H18N4O7. The van der Waals surface area contributed by atoms with Crippen LogP contribution in [-0.4, -0.2) is 28.9 Å². The summed E-state index contributed by atoms with van der Waals surface area (Å²) in [5, 5.41) is 18.0. The topological polar surface area (TPSA) is 153 Å². The third kappa shape index (κ3) is 6.11. The number of nitrogens with one attached hydrogen (secondary N) is 2. The number of nitro benzene ring substituents is 1. The van der Waals surface area contributed by atoms with Crippen molar-refractivity contribution < 1.29 is 28.5 Å². The highest BCUT2D eigenvalue weighted by molar-refractivity contribution is 6.04. The van der Waals surface area contributed by atoms with Crippen LogP contribution in [-0.2, 0) is 0 Å². The zero-order valence-electron chi connectivity index (χ0n) is 19.0. The molecule has 3 aromatic carbocycles. The van der Waals surface area contributed by atoms with Gasteiger partial charge in [-0.3, -0.25) is 19.7 Å². The fraction of sp³-hybridized carbons (Fsp3) is 0. The first-order valence-electron chi connectivity index (χ1n) is 10.8. The molecule has 0 unspecified atom stereocenters. The molecule has 11 heteroatoms. The molecule has 4 rings (SSSR count). The number of nitrogens with zero attached hydrogens (tertiary/aromatic N) is 2. The Morgan fingerprint density at radius 3 is 2.27 bits per heavy atom. The molecule has 184 valence electrons. The minimum absolute atomic E-state index is 0.0772. The lowest BCUT2D eigenvalue weighted by Gasteiger charge is -2.07. The smallest absolute Gasteiger partial charge is 0.379 e. The van der Waals surface area contributed by atoms with Crippen molar-refractivity contribution in [3.05, 3.63) is 124 Å². The Kier molecular flexibility index (Phi) is 7.45. The van der Waals surface area contributed by atoms with E-state index in [4.69, 9.17) is 9.15 Å². The number of hydrogen-bond donors (Lipinski definition) is 2. The van der Waals surface area contributed by atoms with Gasteiger partial charge in [0.2, 0.25) is 11.5 Å². The van der Waals surface area contributed by atoms with E-state index in [9.17, 15) is 24.5 Å². The van der Waals surface area contributed by atoms with Crippen molar-refractivity contribution in [3.63, 3.8) is 0 Å². The quantitative estimate of drug-likeness (QED) is 0.120. The molecule has 0 saturated carbocycles. The first-order valence-corrected chi connectivity index (χ1v) is 10.8. The van der Waals surface area contributed by atoms with Gasteiger partial charge in [-0.2, -0.15) is 5.10 Å². The van der Waals surface area contributed by atoms with Crippen molar-refractivity contribution in [2.75, 3.05) is 5.32 Å². The van der Waals surface area contributed by atoms with E-state index in [1.54, 1.807) is 42.5 Å². The van der Waals surface area contributed by atoms with Crippen LogP contribution in [0.1, 0.15) is 36.8 Å². The van der Waals surface area contributed by atoms with E-state index >= 15 is 0 Å². The monoisotopic (exact) mass is 498 g/mol. The van der Waals surface area contributed by atoms with Crippen molar-refractivity contribution in [1.82, 2.24) is 5.43 Å². The summed E-state index contributed by atoms with van der Waals surface area (Å²) in [7, 11) is 0. The number of anilines is 1. The zero-order valence-corrected chi connectivity index (χ0v) is 19.0. The summed E-state index contributed by atoms with van der Waals surface area (Å²) in [5.41, 5.74) is 3.15. The number of rotatable bonds is 8. The molecule has 2 amide bonds. The third-order valence-corrected chi connectivity index (χ3v) is 4.95. The zero-order chi connectivity index (χ0) is 26.2. The molecule has 0 bridgehead atoms. The number of hydrazone groups is 1. The fourth-order valence-electron chi connectivity index (χ4n) is 3.16. The predicted molar refractivity (Wildman–Crippen MR) is 133 cm³/mol. The molecule has 0 fully saturated rings. The number of para-hydroxylation sites is 1. The summed E-state index contributed by atoms with van der Waals surface area (Å²) >= 11 is 0. The normalized spacial score (nSPS) is 10.6. The highest BCUT2D eigenvalue weighted by Crippen LogP contribution is 2.30. The van der Waals surface area contributed by atoms with Crippen molar-refractivity contribution in [3.8, 4) is 5.75 Å². The van der Waals surface area contributed by atoms with Gasteiger partial charge < -0.3 is 14.5 Å². The number of esters is 1. The van der Waals surface area contributed by atoms with Crippen LogP contribution in [0.3, 0.4) is 0 Å². The van der Waals surface area contributed by atoms with Gasteiger partial charge in [0, 0.05) is 28.4 Å². The van der Waals surface area contributed by atoms with Crippen LogP contribution in [0.4, 0.5) is 11.4 Å². The molecule has 11 nitrogen and oxygen atoms in total. The van der Waals surface area contributed by atoms with Crippen LogP contribution in [0.2, 0.25) is 0 Å². The highest BCUT2D eigenvalue weighted by atomic mass is 16.6. The molecule has 0 aliphatic carbocycles. The van der Waals surface area contributed by atoms with Gasteiger partial charge in [-0.25, -0.2) is 10.2 Å². The van der Waals surface area contributed by atoms with Gasteiger partial charge in [0.15, 0.2) is 0 Å². The van der Waals surface area contributed by atoms with Crippen molar-refractivity contribution >= 4 is 35.4 Å². The molecule has 4 aromatic rings. The summed E-state index contributed by atoms with van der Waals surface area (Å²) in [6.07, 6.45) is 2.38. The van der Waals surface area contributed by atoms with Crippen molar-refractivity contribution in [2.24, 2.45) is 5.10 Å². The standard InChI is InChI=1S/C26H18N4O7/c31-24(17-6-2-1-3-7-17)28-20-13-11-18(12-14-20)25(32)29-27-16-19-8-4-9-21(30(34)35)23(19)37-26(33)22-10-5-15-36-22/h1-16H,(H,28,31)(H,29,32)/b27-16+. The average Bonchev–Trinajstić information content (AvgIpc) is 3.45. The van der Waals surface area contributed by atoms with Crippen molar-refractivity contribution in [2.45, 2.75) is 0 Å². The Hall–Kier alpha value is -5.58.